The summed E-state index contributed by atoms with van der Waals surface area (Å²) in [6.07, 6.45) is 2.77. The van der Waals surface area contributed by atoms with Gasteiger partial charge in [-0.3, -0.25) is 0 Å². The van der Waals surface area contributed by atoms with Crippen LogP contribution in [0.5, 0.6) is 0 Å². The molecule has 0 amide bonds. The average molecular weight is 263 g/mol. The maximum atomic E-state index is 12.0. The Kier molecular flexibility index (Phi) is 5.85. The van der Waals surface area contributed by atoms with Gasteiger partial charge in [-0.25, -0.2) is 0 Å². The van der Waals surface area contributed by atoms with E-state index in [1.807, 2.05) is 0 Å². The van der Waals surface area contributed by atoms with Gasteiger partial charge in [0.2, 0.25) is 0 Å². The fraction of sp³-hybridized carbons (Fsp3) is 1.00. The summed E-state index contributed by atoms with van der Waals surface area (Å²) in [4.78, 5) is 0. The van der Waals surface area contributed by atoms with Gasteiger partial charge in [0.25, 0.3) is 10.2 Å². The van der Waals surface area contributed by atoms with Crippen LogP contribution in [-0.2, 0) is 10.2 Å². The van der Waals surface area contributed by atoms with Crippen LogP contribution in [0.15, 0.2) is 0 Å². The quantitative estimate of drug-likeness (QED) is 0.736. The molecule has 2 N–H and O–H groups in total. The molecular formula is C11H25N3O2S. The van der Waals surface area contributed by atoms with E-state index >= 15 is 0 Å². The zero-order chi connectivity index (χ0) is 12.9. The molecule has 0 aliphatic carbocycles. The Labute approximate surface area is 105 Å². The van der Waals surface area contributed by atoms with E-state index in [0.29, 0.717) is 12.5 Å². The molecule has 0 aromatic carbocycles. The van der Waals surface area contributed by atoms with Gasteiger partial charge in [-0.05, 0) is 31.8 Å². The van der Waals surface area contributed by atoms with Gasteiger partial charge < -0.3 is 5.32 Å². The first-order valence-electron chi connectivity index (χ1n) is 6.41. The number of hydrogen-bond acceptors (Lipinski definition) is 3. The van der Waals surface area contributed by atoms with Crippen molar-refractivity contribution in [2.24, 2.45) is 5.92 Å². The summed E-state index contributed by atoms with van der Waals surface area (Å²) in [6.45, 7) is 6.49. The van der Waals surface area contributed by atoms with Crippen molar-refractivity contribution in [3.8, 4) is 0 Å². The zero-order valence-corrected chi connectivity index (χ0v) is 11.9. The maximum Gasteiger partial charge on any atom is 0.279 e. The molecule has 17 heavy (non-hydrogen) atoms. The zero-order valence-electron chi connectivity index (χ0n) is 11.1. The van der Waals surface area contributed by atoms with Crippen LogP contribution in [0.1, 0.15) is 33.1 Å². The minimum absolute atomic E-state index is 0.0605. The predicted molar refractivity (Wildman–Crippen MR) is 70.0 cm³/mol. The highest BCUT2D eigenvalue weighted by molar-refractivity contribution is 7.87. The van der Waals surface area contributed by atoms with E-state index in [2.05, 4.69) is 23.9 Å². The SMILES string of the molecule is CCCCN(C)S(=O)(=O)NC1CCNCC1C. The first-order chi connectivity index (χ1) is 7.97. The molecule has 1 aliphatic heterocycles. The lowest BCUT2D eigenvalue weighted by atomic mass is 9.97. The Hall–Kier alpha value is -0.170. The van der Waals surface area contributed by atoms with Crippen LogP contribution < -0.4 is 10.0 Å². The van der Waals surface area contributed by atoms with Crippen LogP contribution in [0, 0.1) is 5.92 Å². The summed E-state index contributed by atoms with van der Waals surface area (Å²) >= 11 is 0. The lowest BCUT2D eigenvalue weighted by Crippen LogP contribution is -2.51. The van der Waals surface area contributed by atoms with Gasteiger partial charge in [-0.1, -0.05) is 20.3 Å². The number of rotatable bonds is 6. The lowest BCUT2D eigenvalue weighted by Gasteiger charge is -2.31. The van der Waals surface area contributed by atoms with Crippen molar-refractivity contribution in [2.75, 3.05) is 26.7 Å². The molecule has 0 aromatic heterocycles. The summed E-state index contributed by atoms with van der Waals surface area (Å²) < 4.78 is 28.3. The topological polar surface area (TPSA) is 61.4 Å². The van der Waals surface area contributed by atoms with E-state index < -0.39 is 10.2 Å². The molecule has 0 bridgehead atoms. The van der Waals surface area contributed by atoms with Gasteiger partial charge in [0.05, 0.1) is 0 Å². The lowest BCUT2D eigenvalue weighted by molar-refractivity contribution is 0.320. The molecule has 1 aliphatic rings. The summed E-state index contributed by atoms with van der Waals surface area (Å²) in [6, 6.07) is 0.0605. The summed E-state index contributed by atoms with van der Waals surface area (Å²) in [7, 11) is -1.67. The first kappa shape index (κ1) is 14.9. The van der Waals surface area contributed by atoms with Crippen molar-refractivity contribution >= 4 is 10.2 Å². The van der Waals surface area contributed by atoms with Crippen molar-refractivity contribution in [1.29, 1.82) is 0 Å². The predicted octanol–water partition coefficient (Wildman–Crippen LogP) is 0.551. The highest BCUT2D eigenvalue weighted by atomic mass is 32.2. The molecule has 0 saturated carbocycles. The third-order valence-corrected chi connectivity index (χ3v) is 4.93. The van der Waals surface area contributed by atoms with Gasteiger partial charge in [0.15, 0.2) is 0 Å². The molecule has 1 fully saturated rings. The van der Waals surface area contributed by atoms with Crippen LogP contribution in [-0.4, -0.2) is 45.4 Å². The molecule has 2 atom stereocenters. The second-order valence-electron chi connectivity index (χ2n) is 4.87. The maximum absolute atomic E-state index is 12.0. The number of piperidine rings is 1. The second kappa shape index (κ2) is 6.68. The smallest absolute Gasteiger partial charge is 0.279 e. The molecular weight excluding hydrogens is 238 g/mol. The third kappa shape index (κ3) is 4.54. The molecule has 102 valence electrons. The highest BCUT2D eigenvalue weighted by Gasteiger charge is 2.27. The van der Waals surface area contributed by atoms with E-state index in [1.165, 1.54) is 4.31 Å². The van der Waals surface area contributed by atoms with Crippen molar-refractivity contribution in [2.45, 2.75) is 39.2 Å². The fourth-order valence-electron chi connectivity index (χ4n) is 1.97. The van der Waals surface area contributed by atoms with Gasteiger partial charge in [-0.2, -0.15) is 17.4 Å². The van der Waals surface area contributed by atoms with Crippen LogP contribution in [0.4, 0.5) is 0 Å². The van der Waals surface area contributed by atoms with Gasteiger partial charge in [-0.15, -0.1) is 0 Å². The summed E-state index contributed by atoms with van der Waals surface area (Å²) in [5, 5.41) is 3.27. The average Bonchev–Trinajstić information content (AvgIpc) is 2.28. The molecule has 0 radical (unpaired) electrons. The molecule has 1 rings (SSSR count). The van der Waals surface area contributed by atoms with Crippen LogP contribution in [0.3, 0.4) is 0 Å². The van der Waals surface area contributed by atoms with E-state index in [9.17, 15) is 8.42 Å². The highest BCUT2D eigenvalue weighted by Crippen LogP contribution is 2.12. The summed E-state index contributed by atoms with van der Waals surface area (Å²) in [5.41, 5.74) is 0. The molecule has 1 saturated heterocycles. The van der Waals surface area contributed by atoms with Gasteiger partial charge >= 0.3 is 0 Å². The number of hydrogen-bond donors (Lipinski definition) is 2. The Morgan fingerprint density at radius 3 is 2.76 bits per heavy atom. The number of nitrogens with one attached hydrogen (secondary N) is 2. The second-order valence-corrected chi connectivity index (χ2v) is 6.68. The van der Waals surface area contributed by atoms with E-state index in [-0.39, 0.29) is 6.04 Å². The van der Waals surface area contributed by atoms with E-state index in [1.54, 1.807) is 7.05 Å². The summed E-state index contributed by atoms with van der Waals surface area (Å²) in [5.74, 6) is 0.345. The van der Waals surface area contributed by atoms with Crippen molar-refractivity contribution in [3.05, 3.63) is 0 Å². The monoisotopic (exact) mass is 263 g/mol. The minimum Gasteiger partial charge on any atom is -0.316 e. The van der Waals surface area contributed by atoms with E-state index in [0.717, 1.165) is 32.4 Å². The molecule has 0 aromatic rings. The Morgan fingerprint density at radius 2 is 2.18 bits per heavy atom. The first-order valence-corrected chi connectivity index (χ1v) is 7.85. The van der Waals surface area contributed by atoms with Crippen LogP contribution >= 0.6 is 0 Å². The molecule has 5 nitrogen and oxygen atoms in total. The molecule has 2 unspecified atom stereocenters. The number of unbranched alkanes of at least 4 members (excludes halogenated alkanes) is 1. The van der Waals surface area contributed by atoms with Crippen LogP contribution in [0.2, 0.25) is 0 Å². The Morgan fingerprint density at radius 1 is 1.47 bits per heavy atom. The minimum atomic E-state index is -3.31. The van der Waals surface area contributed by atoms with Crippen molar-refractivity contribution in [1.82, 2.24) is 14.3 Å². The fourth-order valence-corrected chi connectivity index (χ4v) is 3.25. The molecule has 6 heteroatoms. The van der Waals surface area contributed by atoms with Crippen LogP contribution in [0.25, 0.3) is 0 Å². The molecule has 0 spiro atoms. The van der Waals surface area contributed by atoms with Crippen molar-refractivity contribution < 1.29 is 8.42 Å². The third-order valence-electron chi connectivity index (χ3n) is 3.32. The molecule has 1 heterocycles. The van der Waals surface area contributed by atoms with Crippen molar-refractivity contribution in [3.63, 3.8) is 0 Å². The number of nitrogens with zero attached hydrogens (tertiary/aromatic N) is 1. The standard InChI is InChI=1S/C11H25N3O2S/c1-4-5-8-14(3)17(15,16)13-11-6-7-12-9-10(11)2/h10-13H,4-9H2,1-3H3. The largest absolute Gasteiger partial charge is 0.316 e. The Balaban J connectivity index is 2.52. The van der Waals surface area contributed by atoms with Gasteiger partial charge in [0.1, 0.15) is 0 Å². The van der Waals surface area contributed by atoms with Gasteiger partial charge in [0, 0.05) is 19.6 Å². The normalized spacial score (nSPS) is 26.4. The van der Waals surface area contributed by atoms with E-state index in [4.69, 9.17) is 0 Å². The Bertz CT molecular complexity index is 319.